The molecule has 0 bridgehead atoms. The summed E-state index contributed by atoms with van der Waals surface area (Å²) in [4.78, 5) is 9.67. The maximum absolute atomic E-state index is 5.57. The first-order valence-electron chi connectivity index (χ1n) is 6.42. The molecule has 0 aliphatic carbocycles. The number of rotatable bonds is 6. The number of nitrogens with two attached hydrogens (primary N) is 1. The van der Waals surface area contributed by atoms with Crippen LogP contribution in [0.25, 0.3) is 10.2 Å². The molecule has 0 radical (unpaired) electrons. The van der Waals surface area contributed by atoms with E-state index in [4.69, 9.17) is 15.3 Å². The lowest BCUT2D eigenvalue weighted by Gasteiger charge is -2.19. The van der Waals surface area contributed by atoms with E-state index in [1.807, 2.05) is 32.2 Å². The Morgan fingerprint density at radius 1 is 1.30 bits per heavy atom. The normalized spacial score (nSPS) is 12.0. The van der Waals surface area contributed by atoms with Gasteiger partial charge in [-0.05, 0) is 32.2 Å². The van der Waals surface area contributed by atoms with Crippen molar-refractivity contribution >= 4 is 27.4 Å². The molecule has 7 heteroatoms. The third kappa shape index (κ3) is 4.11. The third-order valence-electron chi connectivity index (χ3n) is 2.50. The van der Waals surface area contributed by atoms with Gasteiger partial charge in [-0.3, -0.25) is 0 Å². The third-order valence-corrected chi connectivity index (χ3v) is 3.31. The lowest BCUT2D eigenvalue weighted by molar-refractivity contribution is -0.0383. The number of fused-ring (bicyclic) bond motifs is 1. The van der Waals surface area contributed by atoms with E-state index < -0.39 is 0 Å². The highest BCUT2D eigenvalue weighted by molar-refractivity contribution is 7.16. The molecule has 0 aromatic carbocycles. The van der Waals surface area contributed by atoms with Crippen LogP contribution in [-0.2, 0) is 16.1 Å². The van der Waals surface area contributed by atoms with Crippen molar-refractivity contribution in [1.82, 2.24) is 9.97 Å². The highest BCUT2D eigenvalue weighted by atomic mass is 32.1. The molecule has 2 rings (SSSR count). The monoisotopic (exact) mass is 296 g/mol. The van der Waals surface area contributed by atoms with Gasteiger partial charge in [-0.2, -0.15) is 0 Å². The number of nitrogens with zero attached hydrogens (tertiary/aromatic N) is 2. The molecule has 2 aromatic rings. The van der Waals surface area contributed by atoms with Crippen LogP contribution >= 0.6 is 11.3 Å². The maximum atomic E-state index is 5.57. The summed E-state index contributed by atoms with van der Waals surface area (Å²) >= 11 is 1.55. The summed E-state index contributed by atoms with van der Waals surface area (Å²) in [7, 11) is 0. The molecule has 6 nitrogen and oxygen atoms in total. The predicted molar refractivity (Wildman–Crippen MR) is 80.6 cm³/mol. The Morgan fingerprint density at radius 3 is 2.80 bits per heavy atom. The number of hydrazine groups is 1. The Kier molecular flexibility index (Phi) is 4.87. The second-order valence-electron chi connectivity index (χ2n) is 5.29. The van der Waals surface area contributed by atoms with Gasteiger partial charge in [0.25, 0.3) is 0 Å². The minimum absolute atomic E-state index is 0.146. The van der Waals surface area contributed by atoms with Gasteiger partial charge in [0.2, 0.25) is 0 Å². The van der Waals surface area contributed by atoms with Crippen molar-refractivity contribution in [2.75, 3.05) is 18.6 Å². The Hall–Kier alpha value is -1.28. The Bertz CT molecular complexity index is 565. The Labute approximate surface area is 122 Å². The highest BCUT2D eigenvalue weighted by Crippen LogP contribution is 2.24. The molecule has 0 unspecified atom stereocenters. The number of hydrogen-bond donors (Lipinski definition) is 2. The van der Waals surface area contributed by atoms with E-state index in [-0.39, 0.29) is 5.60 Å². The van der Waals surface area contributed by atoms with Crippen LogP contribution < -0.4 is 11.3 Å². The molecular weight excluding hydrogens is 276 g/mol. The summed E-state index contributed by atoms with van der Waals surface area (Å²) in [6.07, 6.45) is 0. The van der Waals surface area contributed by atoms with Crippen molar-refractivity contribution in [3.8, 4) is 0 Å². The fraction of sp³-hybridized carbons (Fsp3) is 0.538. The zero-order chi connectivity index (χ0) is 14.6. The van der Waals surface area contributed by atoms with Crippen LogP contribution in [0.4, 0.5) is 5.82 Å². The molecule has 2 aromatic heterocycles. The number of aromatic nitrogens is 2. The van der Waals surface area contributed by atoms with Crippen molar-refractivity contribution in [3.63, 3.8) is 0 Å². The summed E-state index contributed by atoms with van der Waals surface area (Å²) in [6, 6.07) is 1.94. The lowest BCUT2D eigenvalue weighted by atomic mass is 10.2. The van der Waals surface area contributed by atoms with E-state index in [0.29, 0.717) is 31.5 Å². The second kappa shape index (κ2) is 6.45. The Morgan fingerprint density at radius 2 is 2.10 bits per heavy atom. The van der Waals surface area contributed by atoms with Gasteiger partial charge in [0.05, 0.1) is 24.2 Å². The largest absolute Gasteiger partial charge is 0.373 e. The van der Waals surface area contributed by atoms with Crippen molar-refractivity contribution in [2.24, 2.45) is 5.84 Å². The summed E-state index contributed by atoms with van der Waals surface area (Å²) in [5, 5.41) is 2.89. The van der Waals surface area contributed by atoms with E-state index in [9.17, 15) is 0 Å². The first-order valence-corrected chi connectivity index (χ1v) is 7.30. The predicted octanol–water partition coefficient (Wildman–Crippen LogP) is 2.31. The number of ether oxygens (including phenoxy) is 2. The van der Waals surface area contributed by atoms with Crippen molar-refractivity contribution in [3.05, 3.63) is 17.3 Å². The van der Waals surface area contributed by atoms with Gasteiger partial charge in [-0.1, -0.05) is 0 Å². The van der Waals surface area contributed by atoms with Crippen LogP contribution in [0.2, 0.25) is 0 Å². The summed E-state index contributed by atoms with van der Waals surface area (Å²) in [5.74, 6) is 6.71. The van der Waals surface area contributed by atoms with Gasteiger partial charge in [-0.15, -0.1) is 11.3 Å². The molecule has 0 saturated heterocycles. The van der Waals surface area contributed by atoms with Gasteiger partial charge < -0.3 is 14.9 Å². The molecule has 110 valence electrons. The number of anilines is 1. The van der Waals surface area contributed by atoms with E-state index in [0.717, 1.165) is 10.2 Å². The quantitative estimate of drug-likeness (QED) is 0.483. The summed E-state index contributed by atoms with van der Waals surface area (Å²) in [5.41, 5.74) is 2.45. The van der Waals surface area contributed by atoms with E-state index in [1.54, 1.807) is 11.3 Å². The van der Waals surface area contributed by atoms with E-state index >= 15 is 0 Å². The van der Waals surface area contributed by atoms with E-state index in [1.165, 1.54) is 0 Å². The number of nitrogens with one attached hydrogen (secondary N) is 1. The molecular formula is C13H20N4O2S. The molecule has 0 fully saturated rings. The molecule has 0 aliphatic heterocycles. The van der Waals surface area contributed by atoms with E-state index in [2.05, 4.69) is 15.4 Å². The van der Waals surface area contributed by atoms with Gasteiger partial charge in [0, 0.05) is 0 Å². The van der Waals surface area contributed by atoms with Crippen molar-refractivity contribution < 1.29 is 9.47 Å². The van der Waals surface area contributed by atoms with Gasteiger partial charge >= 0.3 is 0 Å². The smallest absolute Gasteiger partial charge is 0.158 e. The fourth-order valence-corrected chi connectivity index (χ4v) is 2.43. The van der Waals surface area contributed by atoms with Crippen molar-refractivity contribution in [2.45, 2.75) is 33.0 Å². The van der Waals surface area contributed by atoms with Crippen LogP contribution in [0.3, 0.4) is 0 Å². The second-order valence-corrected chi connectivity index (χ2v) is 6.18. The Balaban J connectivity index is 1.90. The van der Waals surface area contributed by atoms with Crippen LogP contribution in [0.1, 0.15) is 26.6 Å². The summed E-state index contributed by atoms with van der Waals surface area (Å²) in [6.45, 7) is 7.44. The molecule has 0 amide bonds. The summed E-state index contributed by atoms with van der Waals surface area (Å²) < 4.78 is 11.1. The first-order chi connectivity index (χ1) is 9.49. The zero-order valence-corrected chi connectivity index (χ0v) is 12.8. The van der Waals surface area contributed by atoms with Crippen LogP contribution in [0, 0.1) is 0 Å². The molecule has 0 saturated carbocycles. The minimum atomic E-state index is -0.146. The molecule has 0 atom stereocenters. The SMILES string of the molecule is CC(C)(C)OCCOCc1nc(NN)c2ccsc2n1. The number of nitrogen functional groups attached to an aromatic ring is 1. The average Bonchev–Trinajstić information content (AvgIpc) is 2.84. The van der Waals surface area contributed by atoms with Gasteiger partial charge in [-0.25, -0.2) is 15.8 Å². The molecule has 0 aliphatic rings. The highest BCUT2D eigenvalue weighted by Gasteiger charge is 2.10. The van der Waals surface area contributed by atoms with Crippen LogP contribution in [-0.4, -0.2) is 28.8 Å². The maximum Gasteiger partial charge on any atom is 0.158 e. The zero-order valence-electron chi connectivity index (χ0n) is 12.0. The molecule has 2 heterocycles. The first kappa shape index (κ1) is 15.1. The van der Waals surface area contributed by atoms with Crippen LogP contribution in [0.5, 0.6) is 0 Å². The lowest BCUT2D eigenvalue weighted by Crippen LogP contribution is -2.21. The number of hydrogen-bond acceptors (Lipinski definition) is 7. The molecule has 20 heavy (non-hydrogen) atoms. The van der Waals surface area contributed by atoms with Gasteiger partial charge in [0.1, 0.15) is 11.4 Å². The van der Waals surface area contributed by atoms with Crippen LogP contribution in [0.15, 0.2) is 11.4 Å². The minimum Gasteiger partial charge on any atom is -0.373 e. The topological polar surface area (TPSA) is 82.3 Å². The number of thiophene rings is 1. The standard InChI is InChI=1S/C13H20N4O2S/c1-13(2,3)19-6-5-18-8-10-15-11(17-14)9-4-7-20-12(9)16-10/h4,7H,5-6,8,14H2,1-3H3,(H,15,16,17). The molecule has 0 spiro atoms. The fourth-order valence-electron chi connectivity index (χ4n) is 1.64. The van der Waals surface area contributed by atoms with Gasteiger partial charge in [0.15, 0.2) is 11.6 Å². The van der Waals surface area contributed by atoms with Crippen molar-refractivity contribution in [1.29, 1.82) is 0 Å². The molecule has 3 N–H and O–H groups in total. The average molecular weight is 296 g/mol.